The van der Waals surface area contributed by atoms with E-state index in [-0.39, 0.29) is 51.5 Å². The van der Waals surface area contributed by atoms with Crippen LogP contribution < -0.4 is 36.0 Å². The molecule has 0 unspecified atom stereocenters. The number of nitrogens with one attached hydrogen (secondary N) is 4. The largest absolute Gasteiger partial charge is 0.489 e. The van der Waals surface area contributed by atoms with Gasteiger partial charge in [-0.3, -0.25) is 54.2 Å². The molecule has 27 heteroatoms. The lowest BCUT2D eigenvalue weighted by atomic mass is 9.91. The van der Waals surface area contributed by atoms with Gasteiger partial charge in [-0.15, -0.1) is 0 Å². The van der Waals surface area contributed by atoms with Crippen molar-refractivity contribution < 1.29 is 90.8 Å². The number of esters is 2. The number of pyridine rings is 2. The van der Waals surface area contributed by atoms with Crippen molar-refractivity contribution in [3.05, 3.63) is 228 Å². The number of alkyl halides is 3. The van der Waals surface area contributed by atoms with Gasteiger partial charge >= 0.3 is 24.0 Å². The third kappa shape index (κ3) is 17.7. The number of carbonyl (C=O) groups is 8. The average Bonchev–Trinajstić information content (AvgIpc) is 1.57. The smallest absolute Gasteiger partial charge is 0.471 e. The fourth-order valence-electron chi connectivity index (χ4n) is 15.0. The summed E-state index contributed by atoms with van der Waals surface area (Å²) in [5, 5.41) is 31.3. The number of nitrogens with zero attached hydrogens (tertiary/aromatic N) is 4. The van der Waals surface area contributed by atoms with E-state index < -0.39 is 93.7 Å². The summed E-state index contributed by atoms with van der Waals surface area (Å²) in [7, 11) is 1.31. The molecule has 9 aromatic rings. The molecule has 0 radical (unpaired) electrons. The summed E-state index contributed by atoms with van der Waals surface area (Å²) in [6.45, 7) is 5.07. The number of amides is 6. The highest BCUT2D eigenvalue weighted by Crippen LogP contribution is 2.59. The summed E-state index contributed by atoms with van der Waals surface area (Å²) in [4.78, 5) is 112. The SMILES string of the molecule is CCOC(=O)[C@@]1(Cc2ccc(Oc3ccccc3)cc2)C[C@@H]1C(=O)NO.COC(=O)[C@@H]1CCCN1C(=O)[C@@]1(Cc2ccc(OCc3cc(C)nc4ccccc34)cc2)C[C@@H]1C(=O)NO.O=C(NO)[C@H]1C[C@]1(Cc1ccc(OCc2cc(-c3ccccc3)nc3ccccc23)cc1)C(=O)N1CC[C@H](NC(=O)C(F)(F)F)C1. The normalized spacial score (nSPS) is 21.3. The van der Waals surface area contributed by atoms with Crippen molar-refractivity contribution in [3.63, 3.8) is 0 Å². The molecule has 14 rings (SSSR count). The minimum Gasteiger partial charge on any atom is -0.489 e. The molecule has 7 aromatic carbocycles. The Balaban J connectivity index is 0.000000159. The van der Waals surface area contributed by atoms with Gasteiger partial charge in [0.15, 0.2) is 0 Å². The Kier molecular flexibility index (Phi) is 23.9. The van der Waals surface area contributed by atoms with Gasteiger partial charge in [0.2, 0.25) is 29.5 Å². The predicted octanol–water partition coefficient (Wildman–Crippen LogP) is 11.3. The topological polar surface area (TPSA) is 324 Å². The zero-order valence-electron chi connectivity index (χ0n) is 60.5. The average molecular weight is 1510 g/mol. The zero-order chi connectivity index (χ0) is 77.9. The second kappa shape index (κ2) is 33.8. The van der Waals surface area contributed by atoms with E-state index in [2.05, 4.69) is 4.98 Å². The van der Waals surface area contributed by atoms with Crippen molar-refractivity contribution in [2.24, 2.45) is 34.0 Å². The van der Waals surface area contributed by atoms with E-state index in [0.29, 0.717) is 68.9 Å². The first-order valence-corrected chi connectivity index (χ1v) is 36.1. The third-order valence-electron chi connectivity index (χ3n) is 21.0. The first-order chi connectivity index (χ1) is 53.0. The fraction of sp³-hybridized carbons (Fsp3) is 0.325. The van der Waals surface area contributed by atoms with E-state index in [0.717, 1.165) is 72.3 Å². The molecule has 7 N–H and O–H groups in total. The maximum Gasteiger partial charge on any atom is 0.471 e. The van der Waals surface area contributed by atoms with Crippen LogP contribution in [0.25, 0.3) is 33.1 Å². The van der Waals surface area contributed by atoms with Crippen LogP contribution in [0.4, 0.5) is 13.2 Å². The van der Waals surface area contributed by atoms with Gasteiger partial charge in [0.25, 0.3) is 0 Å². The van der Waals surface area contributed by atoms with E-state index in [1.54, 1.807) is 47.6 Å². The summed E-state index contributed by atoms with van der Waals surface area (Å²) in [6.07, 6.45) is -1.95. The molecule has 24 nitrogen and oxygen atoms in total. The second-order valence-corrected chi connectivity index (χ2v) is 28.2. The van der Waals surface area contributed by atoms with Crippen molar-refractivity contribution in [1.29, 1.82) is 0 Å². The van der Waals surface area contributed by atoms with Gasteiger partial charge in [0.05, 0.1) is 64.4 Å². The number of hydroxylamine groups is 3. The minimum absolute atomic E-state index is 0.0989. The molecule has 3 saturated carbocycles. The van der Waals surface area contributed by atoms with E-state index in [9.17, 15) is 61.9 Å². The minimum atomic E-state index is -5.02. The lowest BCUT2D eigenvalue weighted by molar-refractivity contribution is -0.174. The summed E-state index contributed by atoms with van der Waals surface area (Å²) in [6, 6.07) is 59.6. The van der Waals surface area contributed by atoms with E-state index in [1.165, 1.54) is 16.9 Å². The maximum absolute atomic E-state index is 13.7. The zero-order valence-corrected chi connectivity index (χ0v) is 60.5. The number of hydrogen-bond acceptors (Lipinski definition) is 18. The first kappa shape index (κ1) is 77.8. The Morgan fingerprint density at radius 1 is 0.545 bits per heavy atom. The fourth-order valence-corrected chi connectivity index (χ4v) is 15.0. The van der Waals surface area contributed by atoms with Crippen LogP contribution in [-0.2, 0) is 80.3 Å². The van der Waals surface area contributed by atoms with Crippen LogP contribution in [0.3, 0.4) is 0 Å². The Bertz CT molecular complexity index is 4850. The van der Waals surface area contributed by atoms with Crippen molar-refractivity contribution in [1.82, 2.24) is 41.5 Å². The molecular formula is C83H83F3N8O16. The number of fused-ring (bicyclic) bond motifs is 2. The van der Waals surface area contributed by atoms with Gasteiger partial charge in [0.1, 0.15) is 42.3 Å². The standard InChI is InChI=1S/C34H31F3N4O5.C29H31N3O6.C20H21NO5/c35-34(36,37)31(43)38-24-14-15-41(19-24)32(44)33(18-27(33)30(42)40-45)17-21-10-12-25(13-11-21)46-20-23-16-29(22-6-2-1-3-7-22)39-28-9-5-4-8-26(23)28;1-18-14-20(22-6-3-4-7-24(22)30-18)17-38-21-11-9-19(10-12-21)15-29(16-23(29)26(33)31-36)28(35)32-13-5-8-25(32)27(34)37-2;1-2-25-19(23)20(13-17(20)18(22)21-24)12-14-8-10-16(11-9-14)26-15-6-4-3-5-7-15/h1-13,16,24,27,45H,14-15,17-20H2,(H,38,43)(H,40,42);3-4,6-7,9-12,14,23,25,36H,5,8,13,15-17H2,1-2H3,(H,31,33);3-11,17,24H,2,12-13H2,1H3,(H,21,22)/t24-,27+,33-;23-,25+,29+;17-,20+/m011/s1. The number of benzene rings is 7. The number of hydrogen-bond donors (Lipinski definition) is 7. The molecular weight excluding hydrogens is 1420 g/mol. The molecule has 0 bridgehead atoms. The number of carbonyl (C=O) groups excluding carboxylic acids is 8. The van der Waals surface area contributed by atoms with Crippen LogP contribution >= 0.6 is 0 Å². The molecule has 0 spiro atoms. The van der Waals surface area contributed by atoms with Crippen molar-refractivity contribution in [2.75, 3.05) is 33.4 Å². The molecule has 5 fully saturated rings. The highest BCUT2D eigenvalue weighted by atomic mass is 19.4. The Morgan fingerprint density at radius 2 is 1.01 bits per heavy atom. The Morgan fingerprint density at radius 3 is 1.54 bits per heavy atom. The molecule has 2 saturated heterocycles. The lowest BCUT2D eigenvalue weighted by Crippen LogP contribution is -2.46. The molecule has 8 atom stereocenters. The summed E-state index contributed by atoms with van der Waals surface area (Å²) in [5.74, 6) is -4.75. The van der Waals surface area contributed by atoms with Crippen molar-refractivity contribution in [3.8, 4) is 34.3 Å². The Labute approximate surface area is 631 Å². The highest BCUT2D eigenvalue weighted by Gasteiger charge is 2.67. The summed E-state index contributed by atoms with van der Waals surface area (Å²) in [5.41, 5.74) is 10.9. The Hall–Kier alpha value is -11.8. The van der Waals surface area contributed by atoms with Gasteiger partial charge in [-0.25, -0.2) is 26.2 Å². The number of rotatable bonds is 24. The van der Waals surface area contributed by atoms with Gasteiger partial charge in [0, 0.05) is 58.8 Å². The van der Waals surface area contributed by atoms with Crippen LogP contribution in [0.15, 0.2) is 194 Å². The van der Waals surface area contributed by atoms with Crippen LogP contribution in [-0.4, -0.2) is 134 Å². The monoisotopic (exact) mass is 1500 g/mol. The van der Waals surface area contributed by atoms with Crippen molar-refractivity contribution >= 4 is 69.2 Å². The number of methoxy groups -OCH3 is 1. The van der Waals surface area contributed by atoms with E-state index >= 15 is 0 Å². The lowest BCUT2D eigenvalue weighted by Gasteiger charge is -2.28. The first-order valence-electron chi connectivity index (χ1n) is 36.1. The maximum atomic E-state index is 13.7. The van der Waals surface area contributed by atoms with Crippen LogP contribution in [0.1, 0.15) is 79.0 Å². The van der Waals surface area contributed by atoms with Gasteiger partial charge in [-0.1, -0.05) is 121 Å². The van der Waals surface area contributed by atoms with E-state index in [4.69, 9.17) is 33.9 Å². The van der Waals surface area contributed by atoms with Gasteiger partial charge < -0.3 is 38.8 Å². The number of likely N-dealkylation sites (tertiary alicyclic amines) is 2. The highest BCUT2D eigenvalue weighted by molar-refractivity contribution is 5.99. The summed E-state index contributed by atoms with van der Waals surface area (Å²) >= 11 is 0. The van der Waals surface area contributed by atoms with Crippen LogP contribution in [0.2, 0.25) is 0 Å². The van der Waals surface area contributed by atoms with Gasteiger partial charge in [-0.2, -0.15) is 13.2 Å². The molecule has 110 heavy (non-hydrogen) atoms. The number of aromatic nitrogens is 2. The van der Waals surface area contributed by atoms with Crippen LogP contribution in [0.5, 0.6) is 23.0 Å². The number of halogens is 3. The number of aryl methyl sites for hydroxylation is 1. The molecule has 3 aliphatic carbocycles. The van der Waals surface area contributed by atoms with Crippen molar-refractivity contribution in [2.45, 2.75) is 103 Å². The molecule has 4 heterocycles. The second-order valence-electron chi connectivity index (χ2n) is 28.2. The number of para-hydroxylation sites is 3. The van der Waals surface area contributed by atoms with E-state index in [1.807, 2.05) is 182 Å². The number of ether oxygens (including phenoxy) is 5. The molecule has 5 aliphatic rings. The molecule has 6 amide bonds. The van der Waals surface area contributed by atoms with Crippen LogP contribution in [0, 0.1) is 40.9 Å². The predicted molar refractivity (Wildman–Crippen MR) is 393 cm³/mol. The quantitative estimate of drug-likeness (QED) is 0.0168. The van der Waals surface area contributed by atoms with Gasteiger partial charge in [-0.05, 0) is 161 Å². The molecule has 2 aliphatic heterocycles. The molecule has 572 valence electrons. The molecule has 2 aromatic heterocycles. The summed E-state index contributed by atoms with van der Waals surface area (Å²) < 4.78 is 66.1. The third-order valence-corrected chi connectivity index (χ3v) is 21.0.